The Bertz CT molecular complexity index is 1180. The number of carbonyl (C=O) groups excluding carboxylic acids is 3. The average Bonchev–Trinajstić information content (AvgIpc) is 3.18. The summed E-state index contributed by atoms with van der Waals surface area (Å²) in [4.78, 5) is 46.5. The lowest BCUT2D eigenvalue weighted by molar-refractivity contribution is -0.148. The number of fused-ring (bicyclic) bond motifs is 1. The van der Waals surface area contributed by atoms with Crippen molar-refractivity contribution in [1.29, 1.82) is 0 Å². The van der Waals surface area contributed by atoms with E-state index in [9.17, 15) is 14.4 Å². The first-order valence-corrected chi connectivity index (χ1v) is 14.5. The quantitative estimate of drug-likeness (QED) is 0.592. The van der Waals surface area contributed by atoms with Crippen molar-refractivity contribution in [3.63, 3.8) is 0 Å². The van der Waals surface area contributed by atoms with Crippen LogP contribution in [0, 0.1) is 5.92 Å². The fourth-order valence-electron chi connectivity index (χ4n) is 6.59. The number of hydrogen-bond acceptors (Lipinski definition) is 4. The number of benzene rings is 2. The van der Waals surface area contributed by atoms with Gasteiger partial charge in [-0.1, -0.05) is 48.5 Å². The fourth-order valence-corrected chi connectivity index (χ4v) is 6.59. The number of nitrogens with one attached hydrogen (secondary N) is 1. The maximum atomic E-state index is 14.0. The second kappa shape index (κ2) is 11.5. The number of carbonyl (C=O) groups is 3. The van der Waals surface area contributed by atoms with Crippen LogP contribution in [0.25, 0.3) is 0 Å². The van der Waals surface area contributed by atoms with Crippen LogP contribution in [0.5, 0.6) is 0 Å². The molecule has 2 fully saturated rings. The predicted molar refractivity (Wildman–Crippen MR) is 153 cm³/mol. The summed E-state index contributed by atoms with van der Waals surface area (Å²) in [5.41, 5.74) is 2.71. The molecule has 2 aromatic rings. The van der Waals surface area contributed by atoms with Crippen LogP contribution < -0.4 is 10.2 Å². The molecule has 3 aliphatic rings. The zero-order valence-corrected chi connectivity index (χ0v) is 23.6. The highest BCUT2D eigenvalue weighted by molar-refractivity contribution is 6.08. The summed E-state index contributed by atoms with van der Waals surface area (Å²) in [7, 11) is 1.80. The summed E-state index contributed by atoms with van der Waals surface area (Å²) in [6, 6.07) is 17.8. The SMILES string of the molecule is CN(C(=O)[C@@H]1CCCNC1)[C@@H](CCc1ccccc1)C(=O)N1CCC(N2C(=O)C(C)(C)c3ccccc32)CC1. The Morgan fingerprint density at radius 2 is 1.72 bits per heavy atom. The molecule has 208 valence electrons. The van der Waals surface area contributed by atoms with Crippen molar-refractivity contribution in [2.75, 3.05) is 38.1 Å². The molecular weight excluding hydrogens is 488 g/mol. The molecule has 0 spiro atoms. The van der Waals surface area contributed by atoms with Crippen LogP contribution in [0.2, 0.25) is 0 Å². The number of para-hydroxylation sites is 1. The van der Waals surface area contributed by atoms with Crippen molar-refractivity contribution in [1.82, 2.24) is 15.1 Å². The summed E-state index contributed by atoms with van der Waals surface area (Å²) in [5, 5.41) is 3.33. The van der Waals surface area contributed by atoms with Gasteiger partial charge in [-0.25, -0.2) is 0 Å². The van der Waals surface area contributed by atoms with Crippen molar-refractivity contribution in [3.05, 3.63) is 65.7 Å². The Kier molecular flexibility index (Phi) is 8.08. The van der Waals surface area contributed by atoms with Gasteiger partial charge in [-0.2, -0.15) is 0 Å². The first kappa shape index (κ1) is 27.4. The highest BCUT2D eigenvalue weighted by Gasteiger charge is 2.47. The van der Waals surface area contributed by atoms with Gasteiger partial charge in [0, 0.05) is 38.4 Å². The van der Waals surface area contributed by atoms with E-state index in [4.69, 9.17) is 0 Å². The number of hydrogen-bond donors (Lipinski definition) is 1. The van der Waals surface area contributed by atoms with Gasteiger partial charge in [-0.15, -0.1) is 0 Å². The van der Waals surface area contributed by atoms with E-state index in [2.05, 4.69) is 23.5 Å². The molecule has 0 saturated carbocycles. The first-order chi connectivity index (χ1) is 18.8. The van der Waals surface area contributed by atoms with Gasteiger partial charge in [-0.05, 0) is 76.1 Å². The Balaban J connectivity index is 1.28. The third-order valence-corrected chi connectivity index (χ3v) is 9.03. The number of piperidine rings is 2. The lowest BCUT2D eigenvalue weighted by atomic mass is 9.86. The lowest BCUT2D eigenvalue weighted by Crippen LogP contribution is -2.55. The van der Waals surface area contributed by atoms with Crippen LogP contribution in [-0.2, 0) is 26.2 Å². The van der Waals surface area contributed by atoms with E-state index in [1.54, 1.807) is 11.9 Å². The Morgan fingerprint density at radius 1 is 1.03 bits per heavy atom. The molecule has 2 atom stereocenters. The largest absolute Gasteiger partial charge is 0.341 e. The van der Waals surface area contributed by atoms with Crippen LogP contribution in [-0.4, -0.2) is 72.8 Å². The summed E-state index contributed by atoms with van der Waals surface area (Å²) in [6.45, 7) is 6.79. The summed E-state index contributed by atoms with van der Waals surface area (Å²) < 4.78 is 0. The predicted octanol–water partition coefficient (Wildman–Crippen LogP) is 3.76. The second-order valence-corrected chi connectivity index (χ2v) is 11.9. The molecule has 7 heteroatoms. The summed E-state index contributed by atoms with van der Waals surface area (Å²) in [6.07, 6.45) is 4.65. The molecule has 3 aliphatic heterocycles. The summed E-state index contributed by atoms with van der Waals surface area (Å²) >= 11 is 0. The molecule has 0 aromatic heterocycles. The van der Waals surface area contributed by atoms with Crippen LogP contribution in [0.3, 0.4) is 0 Å². The van der Waals surface area contributed by atoms with Crippen molar-refractivity contribution in [3.8, 4) is 0 Å². The molecule has 39 heavy (non-hydrogen) atoms. The lowest BCUT2D eigenvalue weighted by Gasteiger charge is -2.40. The van der Waals surface area contributed by atoms with Gasteiger partial charge in [0.05, 0.1) is 11.3 Å². The van der Waals surface area contributed by atoms with E-state index in [0.717, 1.165) is 49.9 Å². The zero-order chi connectivity index (χ0) is 27.6. The van der Waals surface area contributed by atoms with Crippen molar-refractivity contribution >= 4 is 23.4 Å². The fraction of sp³-hybridized carbons (Fsp3) is 0.531. The molecular formula is C32H42N4O3. The molecule has 1 N–H and O–H groups in total. The number of rotatable bonds is 7. The molecule has 3 amide bonds. The van der Waals surface area contributed by atoms with Crippen molar-refractivity contribution in [2.45, 2.75) is 69.9 Å². The number of amides is 3. The van der Waals surface area contributed by atoms with E-state index in [-0.39, 0.29) is 29.7 Å². The first-order valence-electron chi connectivity index (χ1n) is 14.5. The highest BCUT2D eigenvalue weighted by atomic mass is 16.2. The maximum absolute atomic E-state index is 14.0. The van der Waals surface area contributed by atoms with Crippen molar-refractivity contribution in [2.24, 2.45) is 5.92 Å². The topological polar surface area (TPSA) is 73.0 Å². The number of anilines is 1. The zero-order valence-electron chi connectivity index (χ0n) is 23.6. The second-order valence-electron chi connectivity index (χ2n) is 11.9. The summed E-state index contributed by atoms with van der Waals surface area (Å²) in [5.74, 6) is 0.147. The van der Waals surface area contributed by atoms with E-state index in [1.807, 2.05) is 60.0 Å². The van der Waals surface area contributed by atoms with Gasteiger partial charge in [0.2, 0.25) is 17.7 Å². The van der Waals surface area contributed by atoms with E-state index in [0.29, 0.717) is 26.1 Å². The Hall–Kier alpha value is -3.19. The van der Waals surface area contributed by atoms with E-state index in [1.165, 1.54) is 5.56 Å². The number of aryl methyl sites for hydroxylation is 1. The molecule has 0 bridgehead atoms. The van der Waals surface area contributed by atoms with Crippen LogP contribution in [0.4, 0.5) is 5.69 Å². The highest BCUT2D eigenvalue weighted by Crippen LogP contribution is 2.43. The normalized spacial score (nSPS) is 21.9. The van der Waals surface area contributed by atoms with Gasteiger partial charge in [-0.3, -0.25) is 14.4 Å². The van der Waals surface area contributed by atoms with Gasteiger partial charge in [0.15, 0.2) is 0 Å². The number of nitrogens with zero attached hydrogens (tertiary/aromatic N) is 3. The third kappa shape index (κ3) is 5.46. The number of likely N-dealkylation sites (tertiary alicyclic amines) is 1. The van der Waals surface area contributed by atoms with Gasteiger partial charge in [0.1, 0.15) is 6.04 Å². The van der Waals surface area contributed by atoms with Crippen LogP contribution in [0.15, 0.2) is 54.6 Å². The molecule has 0 unspecified atom stereocenters. The third-order valence-electron chi connectivity index (χ3n) is 9.03. The van der Waals surface area contributed by atoms with Crippen molar-refractivity contribution < 1.29 is 14.4 Å². The maximum Gasteiger partial charge on any atom is 0.245 e. The van der Waals surface area contributed by atoms with Gasteiger partial charge >= 0.3 is 0 Å². The minimum atomic E-state index is -0.539. The van der Waals surface area contributed by atoms with Crippen LogP contribution >= 0.6 is 0 Å². The minimum absolute atomic E-state index is 0.0254. The molecule has 3 heterocycles. The smallest absolute Gasteiger partial charge is 0.245 e. The molecule has 5 rings (SSSR count). The molecule has 0 radical (unpaired) electrons. The Morgan fingerprint density at radius 3 is 2.41 bits per heavy atom. The minimum Gasteiger partial charge on any atom is -0.341 e. The Labute approximate surface area is 232 Å². The standard InChI is InChI=1S/C32H42N4O3/c1-32(2)26-13-7-8-14-27(26)36(31(32)39)25-17-20-35(21-18-25)30(38)28(16-15-23-10-5-4-6-11-23)34(3)29(37)24-12-9-19-33-22-24/h4-8,10-11,13-14,24-25,28,33H,9,12,15-22H2,1-3H3/t24-,28+/m1/s1. The van der Waals surface area contributed by atoms with Crippen LogP contribution in [0.1, 0.15) is 57.1 Å². The van der Waals surface area contributed by atoms with E-state index >= 15 is 0 Å². The molecule has 2 saturated heterocycles. The average molecular weight is 531 g/mol. The van der Waals surface area contributed by atoms with Gasteiger partial charge in [0.25, 0.3) is 0 Å². The number of likely N-dealkylation sites (N-methyl/N-ethyl adjacent to an activating group) is 1. The monoisotopic (exact) mass is 530 g/mol. The molecule has 2 aromatic carbocycles. The molecule has 7 nitrogen and oxygen atoms in total. The van der Waals surface area contributed by atoms with Gasteiger partial charge < -0.3 is 20.0 Å². The van der Waals surface area contributed by atoms with E-state index < -0.39 is 11.5 Å². The molecule has 0 aliphatic carbocycles.